The average Bonchev–Trinajstić information content (AvgIpc) is 2.44. The molecule has 0 aliphatic heterocycles. The number of aliphatic hydroxyl groups excluding tert-OH is 1. The van der Waals surface area contributed by atoms with Gasteiger partial charge in [0.15, 0.2) is 5.11 Å². The van der Waals surface area contributed by atoms with E-state index in [9.17, 15) is 10.2 Å². The number of aromatic nitrogens is 1. The molecule has 1 heterocycles. The van der Waals surface area contributed by atoms with Gasteiger partial charge < -0.3 is 15.5 Å². The van der Waals surface area contributed by atoms with Crippen molar-refractivity contribution in [2.45, 2.75) is 33.3 Å². The Hall–Kier alpha value is -1.73. The number of pyridine rings is 1. The van der Waals surface area contributed by atoms with E-state index in [1.807, 2.05) is 0 Å². The van der Waals surface area contributed by atoms with E-state index in [0.29, 0.717) is 21.9 Å². The van der Waals surface area contributed by atoms with Crippen molar-refractivity contribution in [1.82, 2.24) is 15.7 Å². The Morgan fingerprint density at radius 1 is 1.55 bits per heavy atom. The third kappa shape index (κ3) is 4.75. The summed E-state index contributed by atoms with van der Waals surface area (Å²) in [6, 6.07) is 0. The van der Waals surface area contributed by atoms with Gasteiger partial charge in [-0.25, -0.2) is 0 Å². The molecular weight excluding hydrogens is 276 g/mol. The molecule has 0 fully saturated rings. The van der Waals surface area contributed by atoms with E-state index in [1.54, 1.807) is 6.92 Å². The van der Waals surface area contributed by atoms with Gasteiger partial charge in [-0.3, -0.25) is 10.4 Å². The lowest BCUT2D eigenvalue weighted by atomic mass is 10.1. The van der Waals surface area contributed by atoms with Gasteiger partial charge >= 0.3 is 0 Å². The molecule has 20 heavy (non-hydrogen) atoms. The Kier molecular flexibility index (Phi) is 6.89. The Balaban J connectivity index is 2.66. The van der Waals surface area contributed by atoms with Crippen molar-refractivity contribution in [2.75, 3.05) is 6.54 Å². The summed E-state index contributed by atoms with van der Waals surface area (Å²) in [5.74, 6) is 0.00644. The third-order valence-electron chi connectivity index (χ3n) is 2.70. The molecule has 0 unspecified atom stereocenters. The largest absolute Gasteiger partial charge is 0.505 e. The van der Waals surface area contributed by atoms with Crippen LogP contribution >= 0.6 is 12.2 Å². The van der Waals surface area contributed by atoms with Crippen LogP contribution in [-0.4, -0.2) is 33.1 Å². The van der Waals surface area contributed by atoms with Crippen LogP contribution in [0.1, 0.15) is 36.6 Å². The highest BCUT2D eigenvalue weighted by atomic mass is 32.1. The first-order chi connectivity index (χ1) is 9.60. The van der Waals surface area contributed by atoms with Crippen LogP contribution in [0, 0.1) is 6.92 Å². The molecule has 0 saturated heterocycles. The number of nitrogens with zero attached hydrogens (tertiary/aromatic N) is 2. The number of unbranched alkanes of at least 4 members (excludes halogenated alkanes) is 1. The summed E-state index contributed by atoms with van der Waals surface area (Å²) in [5, 5.41) is 26.5. The highest BCUT2D eigenvalue weighted by Gasteiger charge is 2.09. The minimum Gasteiger partial charge on any atom is -0.505 e. The molecule has 0 spiro atoms. The highest BCUT2D eigenvalue weighted by molar-refractivity contribution is 7.80. The highest BCUT2D eigenvalue weighted by Crippen LogP contribution is 2.21. The fourth-order valence-corrected chi connectivity index (χ4v) is 1.65. The smallest absolute Gasteiger partial charge is 0.186 e. The van der Waals surface area contributed by atoms with Gasteiger partial charge in [0.25, 0.3) is 0 Å². The standard InChI is InChI=1S/C13H20N4O2S/c1-3-4-5-14-13(20)17-16-7-11-10(8-18)6-15-9(2)12(11)19/h6-7,18-19H,3-5,8H2,1-2H3,(H2,14,17,20). The van der Waals surface area contributed by atoms with E-state index in [2.05, 4.69) is 27.8 Å². The molecule has 0 amide bonds. The molecule has 0 bridgehead atoms. The first-order valence-electron chi connectivity index (χ1n) is 6.45. The van der Waals surface area contributed by atoms with Crippen molar-refractivity contribution >= 4 is 23.5 Å². The second-order valence-electron chi connectivity index (χ2n) is 4.27. The van der Waals surface area contributed by atoms with Crippen LogP contribution in [0.4, 0.5) is 0 Å². The maximum atomic E-state index is 9.91. The average molecular weight is 296 g/mol. The second-order valence-corrected chi connectivity index (χ2v) is 4.68. The van der Waals surface area contributed by atoms with Crippen molar-refractivity contribution < 1.29 is 10.2 Å². The number of aromatic hydroxyl groups is 1. The summed E-state index contributed by atoms with van der Waals surface area (Å²) in [4.78, 5) is 3.97. The molecule has 0 aliphatic carbocycles. The van der Waals surface area contributed by atoms with Gasteiger partial charge in [0.1, 0.15) is 5.75 Å². The predicted octanol–water partition coefficient (Wildman–Crippen LogP) is 1.19. The number of thiocarbonyl (C=S) groups is 1. The number of aliphatic hydroxyl groups is 1. The van der Waals surface area contributed by atoms with Crippen molar-refractivity contribution in [3.8, 4) is 5.75 Å². The van der Waals surface area contributed by atoms with E-state index in [1.165, 1.54) is 12.4 Å². The normalized spacial score (nSPS) is 10.8. The number of hydrogen-bond acceptors (Lipinski definition) is 5. The molecule has 110 valence electrons. The SMILES string of the molecule is CCCCNC(=S)NN=Cc1c(CO)cnc(C)c1O. The molecular formula is C13H20N4O2S. The third-order valence-corrected chi connectivity index (χ3v) is 2.94. The summed E-state index contributed by atoms with van der Waals surface area (Å²) in [5.41, 5.74) is 4.08. The van der Waals surface area contributed by atoms with Crippen molar-refractivity contribution in [2.24, 2.45) is 5.10 Å². The second kappa shape index (κ2) is 8.44. The lowest BCUT2D eigenvalue weighted by molar-refractivity contribution is 0.280. The van der Waals surface area contributed by atoms with Gasteiger partial charge in [-0.1, -0.05) is 13.3 Å². The number of hydrogen-bond donors (Lipinski definition) is 4. The molecule has 4 N–H and O–H groups in total. The van der Waals surface area contributed by atoms with E-state index < -0.39 is 0 Å². The molecule has 0 saturated carbocycles. The molecule has 0 aliphatic rings. The summed E-state index contributed by atoms with van der Waals surface area (Å²) in [6.07, 6.45) is 5.05. The van der Waals surface area contributed by atoms with Crippen LogP contribution in [0.2, 0.25) is 0 Å². The minimum absolute atomic E-state index is 0.00644. The molecule has 1 aromatic heterocycles. The molecule has 0 atom stereocenters. The zero-order chi connectivity index (χ0) is 15.0. The van der Waals surface area contributed by atoms with E-state index >= 15 is 0 Å². The van der Waals surface area contributed by atoms with E-state index in [-0.39, 0.29) is 12.4 Å². The van der Waals surface area contributed by atoms with Crippen LogP contribution in [0.3, 0.4) is 0 Å². The number of rotatable bonds is 6. The Bertz CT molecular complexity index is 492. The molecule has 0 radical (unpaired) electrons. The summed E-state index contributed by atoms with van der Waals surface area (Å²) >= 11 is 5.04. The van der Waals surface area contributed by atoms with Gasteiger partial charge in [0.2, 0.25) is 0 Å². The number of nitrogens with one attached hydrogen (secondary N) is 2. The van der Waals surface area contributed by atoms with Gasteiger partial charge in [0, 0.05) is 23.9 Å². The van der Waals surface area contributed by atoms with Crippen molar-refractivity contribution in [1.29, 1.82) is 0 Å². The first kappa shape index (κ1) is 16.3. The van der Waals surface area contributed by atoms with E-state index in [4.69, 9.17) is 12.2 Å². The zero-order valence-corrected chi connectivity index (χ0v) is 12.5. The molecule has 0 aromatic carbocycles. The molecule has 1 rings (SSSR count). The minimum atomic E-state index is -0.221. The Morgan fingerprint density at radius 3 is 2.95 bits per heavy atom. The lowest BCUT2D eigenvalue weighted by Crippen LogP contribution is -2.32. The van der Waals surface area contributed by atoms with Gasteiger partial charge in [-0.05, 0) is 25.6 Å². The van der Waals surface area contributed by atoms with Crippen LogP contribution in [-0.2, 0) is 6.61 Å². The lowest BCUT2D eigenvalue weighted by Gasteiger charge is -2.08. The summed E-state index contributed by atoms with van der Waals surface area (Å²) in [6.45, 7) is 4.35. The topological polar surface area (TPSA) is 89.8 Å². The Labute approximate surface area is 123 Å². The number of hydrazone groups is 1. The van der Waals surface area contributed by atoms with Crippen molar-refractivity contribution in [3.05, 3.63) is 23.0 Å². The van der Waals surface area contributed by atoms with Crippen LogP contribution in [0.5, 0.6) is 5.75 Å². The molecule has 1 aromatic rings. The van der Waals surface area contributed by atoms with Crippen molar-refractivity contribution in [3.63, 3.8) is 0 Å². The molecule has 6 nitrogen and oxygen atoms in total. The predicted molar refractivity (Wildman–Crippen MR) is 82.8 cm³/mol. The first-order valence-corrected chi connectivity index (χ1v) is 6.86. The quantitative estimate of drug-likeness (QED) is 0.273. The van der Waals surface area contributed by atoms with Gasteiger partial charge in [-0.2, -0.15) is 5.10 Å². The van der Waals surface area contributed by atoms with Crippen LogP contribution in [0.25, 0.3) is 0 Å². The van der Waals surface area contributed by atoms with Gasteiger partial charge in [0.05, 0.1) is 18.5 Å². The van der Waals surface area contributed by atoms with E-state index in [0.717, 1.165) is 19.4 Å². The maximum Gasteiger partial charge on any atom is 0.186 e. The van der Waals surface area contributed by atoms with Crippen LogP contribution < -0.4 is 10.7 Å². The summed E-state index contributed by atoms with van der Waals surface area (Å²) in [7, 11) is 0. The fourth-order valence-electron chi connectivity index (χ4n) is 1.50. The zero-order valence-electron chi connectivity index (χ0n) is 11.7. The fraction of sp³-hybridized carbons (Fsp3) is 0.462. The summed E-state index contributed by atoms with van der Waals surface area (Å²) < 4.78 is 0. The molecule has 7 heteroatoms. The van der Waals surface area contributed by atoms with Crippen LogP contribution in [0.15, 0.2) is 11.3 Å². The Morgan fingerprint density at radius 2 is 2.30 bits per heavy atom. The maximum absolute atomic E-state index is 9.91. The van der Waals surface area contributed by atoms with Gasteiger partial charge in [-0.15, -0.1) is 0 Å². The number of aryl methyl sites for hydroxylation is 1. The monoisotopic (exact) mass is 296 g/mol.